The maximum absolute atomic E-state index is 12.9. The average molecular weight is 450 g/mol. The van der Waals surface area contributed by atoms with Crippen molar-refractivity contribution < 1.29 is 14.3 Å². The van der Waals surface area contributed by atoms with E-state index < -0.39 is 0 Å². The fraction of sp³-hybridized carbons (Fsp3) is 0.708. The van der Waals surface area contributed by atoms with Gasteiger partial charge in [-0.25, -0.2) is 0 Å². The summed E-state index contributed by atoms with van der Waals surface area (Å²) in [7, 11) is 0. The van der Waals surface area contributed by atoms with Crippen molar-refractivity contribution in [2.45, 2.75) is 51.8 Å². The van der Waals surface area contributed by atoms with E-state index in [-0.39, 0.29) is 12.0 Å². The van der Waals surface area contributed by atoms with Crippen LogP contribution in [-0.2, 0) is 16.1 Å². The van der Waals surface area contributed by atoms with Crippen LogP contribution in [-0.4, -0.2) is 85.2 Å². The van der Waals surface area contributed by atoms with Crippen LogP contribution < -0.4 is 4.74 Å². The third-order valence-corrected chi connectivity index (χ3v) is 7.33. The van der Waals surface area contributed by atoms with Gasteiger partial charge in [0.1, 0.15) is 11.9 Å². The minimum Gasteiger partial charge on any atom is -0.489 e. The Balaban J connectivity index is 1.24. The van der Waals surface area contributed by atoms with Gasteiger partial charge in [0.15, 0.2) is 0 Å². The third-order valence-electron chi connectivity index (χ3n) is 7.10. The molecule has 2 fully saturated rings. The number of hydrogen-bond donors (Lipinski definition) is 0. The van der Waals surface area contributed by atoms with E-state index in [9.17, 15) is 4.79 Å². The van der Waals surface area contributed by atoms with Crippen LogP contribution in [0.2, 0.25) is 5.02 Å². The maximum atomic E-state index is 12.9. The van der Waals surface area contributed by atoms with Gasteiger partial charge in [0.2, 0.25) is 5.91 Å². The van der Waals surface area contributed by atoms with Crippen LogP contribution in [0.3, 0.4) is 0 Å². The second-order valence-corrected chi connectivity index (χ2v) is 9.71. The molecule has 0 bridgehead atoms. The Hall–Kier alpha value is -1.34. The van der Waals surface area contributed by atoms with Crippen molar-refractivity contribution >= 4 is 17.5 Å². The Labute approximate surface area is 191 Å². The Morgan fingerprint density at radius 2 is 1.94 bits per heavy atom. The number of fused-ring (bicyclic) bond motifs is 1. The number of nitrogens with zero attached hydrogens (tertiary/aromatic N) is 3. The number of benzene rings is 1. The first-order chi connectivity index (χ1) is 15.0. The quantitative estimate of drug-likeness (QED) is 0.690. The van der Waals surface area contributed by atoms with Gasteiger partial charge in [0.25, 0.3) is 0 Å². The molecule has 3 aliphatic heterocycles. The first kappa shape index (κ1) is 22.8. The zero-order valence-electron chi connectivity index (χ0n) is 18.9. The minimum absolute atomic E-state index is 0.0925. The van der Waals surface area contributed by atoms with Gasteiger partial charge in [-0.05, 0) is 50.8 Å². The monoisotopic (exact) mass is 449 g/mol. The highest BCUT2D eigenvalue weighted by molar-refractivity contribution is 6.30. The summed E-state index contributed by atoms with van der Waals surface area (Å²) in [5, 5.41) is 0.724. The summed E-state index contributed by atoms with van der Waals surface area (Å²) >= 11 is 6.18. The van der Waals surface area contributed by atoms with E-state index in [0.29, 0.717) is 18.4 Å². The largest absolute Gasteiger partial charge is 0.489 e. The first-order valence-corrected chi connectivity index (χ1v) is 12.1. The molecular formula is C24H36ClN3O3. The summed E-state index contributed by atoms with van der Waals surface area (Å²) in [5.74, 6) is 1.86. The molecule has 1 aromatic carbocycles. The second kappa shape index (κ2) is 10.5. The molecule has 4 rings (SSSR count). The molecule has 6 nitrogen and oxygen atoms in total. The zero-order valence-corrected chi connectivity index (χ0v) is 19.6. The van der Waals surface area contributed by atoms with E-state index >= 15 is 0 Å². The van der Waals surface area contributed by atoms with Crippen molar-refractivity contribution in [1.29, 1.82) is 0 Å². The number of halogens is 1. The van der Waals surface area contributed by atoms with Crippen LogP contribution in [0.25, 0.3) is 0 Å². The minimum atomic E-state index is 0.0925. The van der Waals surface area contributed by atoms with Crippen molar-refractivity contribution in [3.05, 3.63) is 28.8 Å². The number of rotatable bonds is 5. The number of morpholine rings is 1. The Kier molecular flexibility index (Phi) is 7.75. The molecule has 172 valence electrons. The predicted molar refractivity (Wildman–Crippen MR) is 123 cm³/mol. The van der Waals surface area contributed by atoms with Crippen molar-refractivity contribution in [3.8, 4) is 5.75 Å². The van der Waals surface area contributed by atoms with E-state index in [0.717, 1.165) is 88.2 Å². The molecule has 2 atom stereocenters. The fourth-order valence-corrected chi connectivity index (χ4v) is 5.40. The van der Waals surface area contributed by atoms with Crippen molar-refractivity contribution in [3.63, 3.8) is 0 Å². The van der Waals surface area contributed by atoms with E-state index in [1.54, 1.807) is 0 Å². The van der Waals surface area contributed by atoms with Crippen LogP contribution in [0, 0.1) is 5.92 Å². The molecule has 3 heterocycles. The number of carbonyl (C=O) groups is 1. The smallest absolute Gasteiger partial charge is 0.223 e. The number of hydrogen-bond acceptors (Lipinski definition) is 5. The molecule has 2 saturated heterocycles. The van der Waals surface area contributed by atoms with Crippen molar-refractivity contribution in [2.75, 3.05) is 52.5 Å². The molecule has 1 aromatic rings. The Bertz CT molecular complexity index is 748. The van der Waals surface area contributed by atoms with E-state index in [2.05, 4.69) is 28.5 Å². The molecule has 0 aromatic heterocycles. The van der Waals surface area contributed by atoms with Gasteiger partial charge < -0.3 is 14.4 Å². The molecule has 7 heteroatoms. The first-order valence-electron chi connectivity index (χ1n) is 11.8. The lowest BCUT2D eigenvalue weighted by molar-refractivity contribution is -0.133. The van der Waals surface area contributed by atoms with E-state index in [1.165, 1.54) is 0 Å². The molecule has 0 N–H and O–H groups in total. The van der Waals surface area contributed by atoms with E-state index in [4.69, 9.17) is 21.1 Å². The molecule has 3 aliphatic rings. The lowest BCUT2D eigenvalue weighted by Gasteiger charge is -2.41. The Morgan fingerprint density at radius 1 is 1.19 bits per heavy atom. The highest BCUT2D eigenvalue weighted by Gasteiger charge is 2.30. The van der Waals surface area contributed by atoms with Crippen molar-refractivity contribution in [1.82, 2.24) is 14.7 Å². The van der Waals surface area contributed by atoms with Gasteiger partial charge in [-0.15, -0.1) is 0 Å². The van der Waals surface area contributed by atoms with Gasteiger partial charge in [-0.3, -0.25) is 14.6 Å². The summed E-state index contributed by atoms with van der Waals surface area (Å²) in [5.41, 5.74) is 1.10. The van der Waals surface area contributed by atoms with Gasteiger partial charge in [-0.1, -0.05) is 11.6 Å². The molecule has 1 amide bonds. The molecule has 31 heavy (non-hydrogen) atoms. The molecule has 0 spiro atoms. The highest BCUT2D eigenvalue weighted by atomic mass is 35.5. The SMILES string of the molecule is C[C@H](C1CCN(C(=O)CCN2Cc3cc(Cl)ccc3O[C@@H](C)C2)CC1)N1CCOCC1. The summed E-state index contributed by atoms with van der Waals surface area (Å²) in [6.07, 6.45) is 2.86. The van der Waals surface area contributed by atoms with Gasteiger partial charge in [0, 0.05) is 68.9 Å². The number of likely N-dealkylation sites (tertiary alicyclic amines) is 1. The number of piperidine rings is 1. The number of amides is 1. The predicted octanol–water partition coefficient (Wildman–Crippen LogP) is 3.27. The summed E-state index contributed by atoms with van der Waals surface area (Å²) in [6.45, 7) is 12.3. The molecule has 0 aliphatic carbocycles. The van der Waals surface area contributed by atoms with Gasteiger partial charge in [0.05, 0.1) is 13.2 Å². The van der Waals surface area contributed by atoms with Crippen LogP contribution in [0.4, 0.5) is 0 Å². The van der Waals surface area contributed by atoms with Crippen LogP contribution >= 0.6 is 11.6 Å². The topological polar surface area (TPSA) is 45.2 Å². The summed E-state index contributed by atoms with van der Waals surface area (Å²) in [6, 6.07) is 6.37. The fourth-order valence-electron chi connectivity index (χ4n) is 5.21. The lowest BCUT2D eigenvalue weighted by Crippen LogP contribution is -2.49. The second-order valence-electron chi connectivity index (χ2n) is 9.27. The Morgan fingerprint density at radius 3 is 2.68 bits per heavy atom. The van der Waals surface area contributed by atoms with Crippen LogP contribution in [0.1, 0.15) is 38.7 Å². The standard InChI is InChI=1S/C24H36ClN3O3/c1-18-16-26(17-21-15-22(25)3-4-23(21)31-18)8-7-24(29)28-9-5-20(6-10-28)19(2)27-11-13-30-14-12-27/h3-4,15,18-20H,5-14,16-17H2,1-2H3/t18-,19+/m0/s1. The van der Waals surface area contributed by atoms with Crippen LogP contribution in [0.15, 0.2) is 18.2 Å². The molecule has 0 unspecified atom stereocenters. The number of ether oxygens (including phenoxy) is 2. The number of carbonyl (C=O) groups excluding carboxylic acids is 1. The maximum Gasteiger partial charge on any atom is 0.223 e. The lowest BCUT2D eigenvalue weighted by atomic mass is 9.89. The molecule has 0 radical (unpaired) electrons. The summed E-state index contributed by atoms with van der Waals surface area (Å²) in [4.78, 5) is 19.9. The molecular weight excluding hydrogens is 414 g/mol. The van der Waals surface area contributed by atoms with Crippen molar-refractivity contribution in [2.24, 2.45) is 5.92 Å². The third kappa shape index (κ3) is 5.92. The summed E-state index contributed by atoms with van der Waals surface area (Å²) < 4.78 is 11.5. The zero-order chi connectivity index (χ0) is 21.8. The van der Waals surface area contributed by atoms with E-state index in [1.807, 2.05) is 18.2 Å². The van der Waals surface area contributed by atoms with Crippen LogP contribution in [0.5, 0.6) is 5.75 Å². The average Bonchev–Trinajstić information content (AvgIpc) is 2.95. The molecule has 0 saturated carbocycles. The normalized spacial score (nSPS) is 24.9. The van der Waals surface area contributed by atoms with Gasteiger partial charge >= 0.3 is 0 Å². The van der Waals surface area contributed by atoms with Gasteiger partial charge in [-0.2, -0.15) is 0 Å². The highest BCUT2D eigenvalue weighted by Crippen LogP contribution is 2.28.